The number of halogens is 1. The Hall–Kier alpha value is -1.15. The fourth-order valence-electron chi connectivity index (χ4n) is 1.55. The lowest BCUT2D eigenvalue weighted by Crippen LogP contribution is -2.30. The van der Waals surface area contributed by atoms with Crippen molar-refractivity contribution in [3.05, 3.63) is 29.8 Å². The molecule has 126 valence electrons. The molecular formula is C14H24ClN3O3S. The molecular weight excluding hydrogens is 326 g/mol. The summed E-state index contributed by atoms with van der Waals surface area (Å²) in [6.45, 7) is 5.44. The summed E-state index contributed by atoms with van der Waals surface area (Å²) in [4.78, 5) is 12.0. The molecule has 0 fully saturated rings. The predicted molar refractivity (Wildman–Crippen MR) is 90.0 cm³/mol. The van der Waals surface area contributed by atoms with Gasteiger partial charge in [-0.1, -0.05) is 13.8 Å². The van der Waals surface area contributed by atoms with Crippen molar-refractivity contribution in [3.8, 4) is 0 Å². The predicted octanol–water partition coefficient (Wildman–Crippen LogP) is 0.992. The van der Waals surface area contributed by atoms with E-state index in [9.17, 15) is 13.2 Å². The van der Waals surface area contributed by atoms with Gasteiger partial charge in [-0.3, -0.25) is 4.79 Å². The van der Waals surface area contributed by atoms with Crippen molar-refractivity contribution in [2.75, 3.05) is 26.7 Å². The maximum absolute atomic E-state index is 12.0. The van der Waals surface area contributed by atoms with E-state index in [4.69, 9.17) is 0 Å². The van der Waals surface area contributed by atoms with Crippen molar-refractivity contribution < 1.29 is 13.2 Å². The monoisotopic (exact) mass is 349 g/mol. The molecule has 22 heavy (non-hydrogen) atoms. The van der Waals surface area contributed by atoms with E-state index in [-0.39, 0.29) is 29.1 Å². The highest BCUT2D eigenvalue weighted by Crippen LogP contribution is 2.11. The van der Waals surface area contributed by atoms with E-state index in [1.165, 1.54) is 24.3 Å². The Bertz CT molecular complexity index is 559. The first-order valence-corrected chi connectivity index (χ1v) is 8.37. The highest BCUT2D eigenvalue weighted by Gasteiger charge is 2.14. The maximum Gasteiger partial charge on any atom is 0.251 e. The van der Waals surface area contributed by atoms with Gasteiger partial charge in [0.1, 0.15) is 0 Å². The summed E-state index contributed by atoms with van der Waals surface area (Å²) < 4.78 is 26.5. The molecule has 0 aromatic heterocycles. The van der Waals surface area contributed by atoms with Crippen molar-refractivity contribution in [2.24, 2.45) is 5.92 Å². The van der Waals surface area contributed by atoms with Crippen molar-refractivity contribution in [2.45, 2.75) is 18.7 Å². The normalized spacial score (nSPS) is 11.1. The largest absolute Gasteiger partial charge is 0.351 e. The second-order valence-electron chi connectivity index (χ2n) is 5.13. The van der Waals surface area contributed by atoms with Gasteiger partial charge in [-0.15, -0.1) is 12.4 Å². The molecule has 1 rings (SSSR count). The maximum atomic E-state index is 12.0. The molecule has 6 nitrogen and oxygen atoms in total. The van der Waals surface area contributed by atoms with E-state index in [0.717, 1.165) is 0 Å². The van der Waals surface area contributed by atoms with E-state index < -0.39 is 10.0 Å². The zero-order valence-corrected chi connectivity index (χ0v) is 14.7. The summed E-state index contributed by atoms with van der Waals surface area (Å²) in [6, 6.07) is 5.91. The van der Waals surface area contributed by atoms with Crippen LogP contribution in [0.3, 0.4) is 0 Å². The van der Waals surface area contributed by atoms with E-state index in [2.05, 4.69) is 15.4 Å². The Labute approximate surface area is 138 Å². The average molecular weight is 350 g/mol. The molecule has 0 spiro atoms. The summed E-state index contributed by atoms with van der Waals surface area (Å²) in [7, 11) is -1.71. The van der Waals surface area contributed by atoms with E-state index in [1.54, 1.807) is 7.05 Å². The number of nitrogens with one attached hydrogen (secondary N) is 3. The van der Waals surface area contributed by atoms with Gasteiger partial charge < -0.3 is 10.6 Å². The van der Waals surface area contributed by atoms with Crippen LogP contribution < -0.4 is 15.4 Å². The molecule has 0 heterocycles. The molecule has 0 aliphatic heterocycles. The molecule has 3 N–H and O–H groups in total. The zero-order chi connectivity index (χ0) is 15.9. The molecule has 1 aromatic carbocycles. The van der Waals surface area contributed by atoms with Gasteiger partial charge in [0, 0.05) is 25.2 Å². The van der Waals surface area contributed by atoms with E-state index in [1.807, 2.05) is 13.8 Å². The molecule has 0 saturated heterocycles. The van der Waals surface area contributed by atoms with Crippen molar-refractivity contribution in [1.29, 1.82) is 0 Å². The Balaban J connectivity index is 0.00000441. The van der Waals surface area contributed by atoms with Crippen LogP contribution in [0.5, 0.6) is 0 Å². The first kappa shape index (κ1) is 20.9. The zero-order valence-electron chi connectivity index (χ0n) is 13.0. The average Bonchev–Trinajstić information content (AvgIpc) is 2.45. The van der Waals surface area contributed by atoms with E-state index in [0.29, 0.717) is 25.2 Å². The highest BCUT2D eigenvalue weighted by molar-refractivity contribution is 7.89. The highest BCUT2D eigenvalue weighted by atomic mass is 35.5. The molecule has 0 radical (unpaired) electrons. The Morgan fingerprint density at radius 1 is 1.14 bits per heavy atom. The molecule has 0 aliphatic rings. The number of sulfonamides is 1. The molecule has 0 bridgehead atoms. The molecule has 0 unspecified atom stereocenters. The van der Waals surface area contributed by atoms with Gasteiger partial charge in [-0.2, -0.15) is 0 Å². The van der Waals surface area contributed by atoms with Crippen molar-refractivity contribution in [1.82, 2.24) is 15.4 Å². The minimum atomic E-state index is -3.51. The quantitative estimate of drug-likeness (QED) is 0.611. The van der Waals surface area contributed by atoms with Gasteiger partial charge in [0.2, 0.25) is 10.0 Å². The van der Waals surface area contributed by atoms with Gasteiger partial charge in [0.05, 0.1) is 4.90 Å². The second kappa shape index (κ2) is 9.78. The van der Waals surface area contributed by atoms with Gasteiger partial charge in [-0.05, 0) is 37.2 Å². The minimum Gasteiger partial charge on any atom is -0.351 e. The Morgan fingerprint density at radius 2 is 1.73 bits per heavy atom. The Kier molecular flexibility index (Phi) is 9.27. The molecule has 0 atom stereocenters. The van der Waals surface area contributed by atoms with Crippen molar-refractivity contribution in [3.63, 3.8) is 0 Å². The summed E-state index contributed by atoms with van der Waals surface area (Å²) in [5.41, 5.74) is 0.439. The smallest absolute Gasteiger partial charge is 0.251 e. The number of hydrogen-bond donors (Lipinski definition) is 3. The third kappa shape index (κ3) is 6.74. The summed E-state index contributed by atoms with van der Waals surface area (Å²) in [5, 5.41) is 5.66. The molecule has 0 saturated carbocycles. The number of likely N-dealkylation sites (N-methyl/N-ethyl adjacent to an activating group) is 1. The van der Waals surface area contributed by atoms with Crippen LogP contribution in [0.25, 0.3) is 0 Å². The lowest BCUT2D eigenvalue weighted by atomic mass is 10.2. The van der Waals surface area contributed by atoms with E-state index >= 15 is 0 Å². The van der Waals surface area contributed by atoms with Crippen LogP contribution in [0.4, 0.5) is 0 Å². The first-order chi connectivity index (χ1) is 9.86. The van der Waals surface area contributed by atoms with Gasteiger partial charge in [0.15, 0.2) is 0 Å². The van der Waals surface area contributed by atoms with Crippen molar-refractivity contribution >= 4 is 28.3 Å². The third-order valence-electron chi connectivity index (χ3n) is 2.77. The molecule has 1 amide bonds. The van der Waals surface area contributed by atoms with Crippen LogP contribution in [-0.2, 0) is 10.0 Å². The van der Waals surface area contributed by atoms with Crippen LogP contribution in [0.15, 0.2) is 29.2 Å². The van der Waals surface area contributed by atoms with Gasteiger partial charge in [-0.25, -0.2) is 13.1 Å². The Morgan fingerprint density at radius 3 is 2.23 bits per heavy atom. The summed E-state index contributed by atoms with van der Waals surface area (Å²) in [5.74, 6) is 0.0151. The number of rotatable bonds is 8. The molecule has 1 aromatic rings. The number of benzene rings is 1. The van der Waals surface area contributed by atoms with Gasteiger partial charge >= 0.3 is 0 Å². The minimum absolute atomic E-state index is 0. The first-order valence-electron chi connectivity index (χ1n) is 6.89. The second-order valence-corrected chi connectivity index (χ2v) is 6.90. The standard InChI is InChI=1S/C14H23N3O3S.ClH/c1-11(2)10-17-21(19,20)13-6-4-12(5-7-13)14(18)16-9-8-15-3;/h4-7,11,15,17H,8-10H2,1-3H3,(H,16,18);1H. The van der Waals surface area contributed by atoms with Crippen LogP contribution in [0.2, 0.25) is 0 Å². The number of hydrogen-bond acceptors (Lipinski definition) is 4. The lowest BCUT2D eigenvalue weighted by Gasteiger charge is -2.09. The topological polar surface area (TPSA) is 87.3 Å². The van der Waals surface area contributed by atoms with Gasteiger partial charge in [0.25, 0.3) is 5.91 Å². The fraction of sp³-hybridized carbons (Fsp3) is 0.500. The number of carbonyl (C=O) groups is 1. The summed E-state index contributed by atoms with van der Waals surface area (Å²) >= 11 is 0. The number of carbonyl (C=O) groups excluding carboxylic acids is 1. The fourth-order valence-corrected chi connectivity index (χ4v) is 2.76. The molecule has 0 aliphatic carbocycles. The van der Waals surface area contributed by atoms with Crippen LogP contribution in [0.1, 0.15) is 24.2 Å². The summed E-state index contributed by atoms with van der Waals surface area (Å²) in [6.07, 6.45) is 0. The molecule has 8 heteroatoms. The number of amides is 1. The third-order valence-corrected chi connectivity index (χ3v) is 4.21. The van der Waals surface area contributed by atoms with Crippen LogP contribution >= 0.6 is 12.4 Å². The SMILES string of the molecule is CNCCNC(=O)c1ccc(S(=O)(=O)NCC(C)C)cc1.Cl. The van der Waals surface area contributed by atoms with Crippen LogP contribution in [0, 0.1) is 5.92 Å². The van der Waals surface area contributed by atoms with Crippen LogP contribution in [-0.4, -0.2) is 41.0 Å². The lowest BCUT2D eigenvalue weighted by molar-refractivity contribution is 0.0954.